The number of hydrogen-bond donors (Lipinski definition) is 4. The van der Waals surface area contributed by atoms with Gasteiger partial charge in [0.1, 0.15) is 0 Å². The third-order valence-electron chi connectivity index (χ3n) is 1.21. The van der Waals surface area contributed by atoms with Crippen molar-refractivity contribution < 1.29 is 5.21 Å². The Hall–Kier alpha value is -0.200. The first-order chi connectivity index (χ1) is 4.22. The summed E-state index contributed by atoms with van der Waals surface area (Å²) in [6.45, 7) is 1.89. The van der Waals surface area contributed by atoms with Crippen LogP contribution < -0.4 is 16.4 Å². The first-order valence-electron chi connectivity index (χ1n) is 2.77. The van der Waals surface area contributed by atoms with Crippen molar-refractivity contribution in [2.45, 2.75) is 13.1 Å². The Morgan fingerprint density at radius 1 is 1.56 bits per heavy atom. The minimum absolute atomic E-state index is 0.0417. The van der Waals surface area contributed by atoms with Crippen LogP contribution in [0.5, 0.6) is 0 Å². The Balaban J connectivity index is 3.32. The van der Waals surface area contributed by atoms with E-state index in [0.29, 0.717) is 0 Å². The van der Waals surface area contributed by atoms with Crippen LogP contribution in [-0.2, 0) is 0 Å². The van der Waals surface area contributed by atoms with E-state index in [4.69, 9.17) is 5.21 Å². The van der Waals surface area contributed by atoms with Gasteiger partial charge in [0.2, 0.25) is 0 Å². The fourth-order valence-corrected chi connectivity index (χ4v) is 0.384. The van der Waals surface area contributed by atoms with E-state index in [1.165, 1.54) is 0 Å². The van der Waals surface area contributed by atoms with E-state index in [1.807, 2.05) is 19.6 Å². The first kappa shape index (κ1) is 8.80. The zero-order valence-corrected chi connectivity index (χ0v) is 5.97. The van der Waals surface area contributed by atoms with Crippen molar-refractivity contribution in [1.82, 2.24) is 21.4 Å². The van der Waals surface area contributed by atoms with Crippen molar-refractivity contribution in [3.63, 3.8) is 0 Å². The largest absolute Gasteiger partial charge is 0.302 e. The van der Waals surface area contributed by atoms with E-state index in [-0.39, 0.29) is 6.17 Å². The average Bonchev–Trinajstić information content (AvgIpc) is 1.87. The predicted octanol–water partition coefficient (Wildman–Crippen LogP) is -1.12. The Labute approximate surface area is 54.9 Å². The molecule has 5 heteroatoms. The van der Waals surface area contributed by atoms with Gasteiger partial charge in [-0.25, -0.2) is 10.4 Å². The Kier molecular flexibility index (Phi) is 4.55. The molecular weight excluding hydrogens is 120 g/mol. The summed E-state index contributed by atoms with van der Waals surface area (Å²) in [5.41, 5.74) is 7.29. The van der Waals surface area contributed by atoms with Crippen LogP contribution in [0.15, 0.2) is 0 Å². The van der Waals surface area contributed by atoms with Gasteiger partial charge >= 0.3 is 0 Å². The molecule has 0 fully saturated rings. The van der Waals surface area contributed by atoms with Gasteiger partial charge in [-0.05, 0) is 14.0 Å². The molecule has 0 spiro atoms. The third-order valence-corrected chi connectivity index (χ3v) is 1.21. The molecule has 0 bridgehead atoms. The SMILES string of the molecule is CNN(C)C(C)NNO. The number of hydrazine groups is 2. The fraction of sp³-hybridized carbons (Fsp3) is 1.00. The van der Waals surface area contributed by atoms with Crippen molar-refractivity contribution in [2.75, 3.05) is 14.1 Å². The maximum Gasteiger partial charge on any atom is 0.0850 e. The summed E-state index contributed by atoms with van der Waals surface area (Å²) in [5.74, 6) is 0. The monoisotopic (exact) mass is 134 g/mol. The molecule has 56 valence electrons. The highest BCUT2D eigenvalue weighted by Crippen LogP contribution is 1.80. The minimum Gasteiger partial charge on any atom is -0.302 e. The van der Waals surface area contributed by atoms with Crippen molar-refractivity contribution in [3.05, 3.63) is 0 Å². The number of nitrogens with zero attached hydrogens (tertiary/aromatic N) is 1. The molecule has 9 heavy (non-hydrogen) atoms. The molecule has 1 atom stereocenters. The molecule has 0 saturated heterocycles. The summed E-state index contributed by atoms with van der Waals surface area (Å²) in [6.07, 6.45) is 0.0417. The maximum absolute atomic E-state index is 8.17. The molecule has 0 saturated carbocycles. The molecule has 0 aliphatic rings. The summed E-state index contributed by atoms with van der Waals surface area (Å²) in [5, 5.41) is 9.96. The van der Waals surface area contributed by atoms with Crippen molar-refractivity contribution >= 4 is 0 Å². The van der Waals surface area contributed by atoms with Crippen LogP contribution in [0, 0.1) is 0 Å². The molecule has 1 unspecified atom stereocenters. The average molecular weight is 134 g/mol. The molecule has 5 nitrogen and oxygen atoms in total. The molecule has 0 aromatic carbocycles. The first-order valence-corrected chi connectivity index (χ1v) is 2.77. The van der Waals surface area contributed by atoms with Crippen LogP contribution in [-0.4, -0.2) is 30.5 Å². The molecule has 4 N–H and O–H groups in total. The highest BCUT2D eigenvalue weighted by molar-refractivity contribution is 4.48. The summed E-state index contributed by atoms with van der Waals surface area (Å²) < 4.78 is 0. The van der Waals surface area contributed by atoms with Gasteiger partial charge in [0.25, 0.3) is 0 Å². The lowest BCUT2D eigenvalue weighted by molar-refractivity contribution is 0.0517. The highest BCUT2D eigenvalue weighted by atomic mass is 16.5. The second-order valence-electron chi connectivity index (χ2n) is 1.77. The van der Waals surface area contributed by atoms with Crippen LogP contribution in [0.2, 0.25) is 0 Å². The molecule has 0 amide bonds. The maximum atomic E-state index is 8.17. The molecular formula is C4H14N4O. The molecule has 0 aliphatic carbocycles. The van der Waals surface area contributed by atoms with Crippen LogP contribution in [0.4, 0.5) is 0 Å². The zero-order chi connectivity index (χ0) is 7.28. The van der Waals surface area contributed by atoms with Crippen LogP contribution >= 0.6 is 0 Å². The van der Waals surface area contributed by atoms with Gasteiger partial charge in [0, 0.05) is 7.05 Å². The lowest BCUT2D eigenvalue weighted by Crippen LogP contribution is -2.51. The number of rotatable bonds is 4. The van der Waals surface area contributed by atoms with Crippen LogP contribution in [0.25, 0.3) is 0 Å². The van der Waals surface area contributed by atoms with E-state index in [2.05, 4.69) is 10.9 Å². The van der Waals surface area contributed by atoms with Crippen molar-refractivity contribution in [1.29, 1.82) is 0 Å². The summed E-state index contributed by atoms with van der Waals surface area (Å²) in [4.78, 5) is 0. The van der Waals surface area contributed by atoms with E-state index >= 15 is 0 Å². The fourth-order valence-electron chi connectivity index (χ4n) is 0.384. The van der Waals surface area contributed by atoms with E-state index in [9.17, 15) is 0 Å². The van der Waals surface area contributed by atoms with Gasteiger partial charge in [0.15, 0.2) is 0 Å². The molecule has 0 aromatic rings. The standard InChI is InChI=1S/C4H14N4O/c1-4(6-7-9)8(3)5-2/h4-7,9H,1-3H3. The zero-order valence-electron chi connectivity index (χ0n) is 5.97. The summed E-state index contributed by atoms with van der Waals surface area (Å²) in [7, 11) is 3.66. The topological polar surface area (TPSA) is 59.6 Å². The van der Waals surface area contributed by atoms with Gasteiger partial charge < -0.3 is 5.21 Å². The van der Waals surface area contributed by atoms with Gasteiger partial charge in [-0.1, -0.05) is 0 Å². The van der Waals surface area contributed by atoms with E-state index < -0.39 is 0 Å². The molecule has 0 radical (unpaired) electrons. The highest BCUT2D eigenvalue weighted by Gasteiger charge is 2.02. The number of hydrogen-bond acceptors (Lipinski definition) is 5. The third kappa shape index (κ3) is 3.39. The quantitative estimate of drug-likeness (QED) is 0.290. The Bertz CT molecular complexity index is 69.6. The van der Waals surface area contributed by atoms with Gasteiger partial charge in [-0.3, -0.25) is 5.43 Å². The van der Waals surface area contributed by atoms with E-state index in [1.54, 1.807) is 12.1 Å². The van der Waals surface area contributed by atoms with Gasteiger partial charge in [0.05, 0.1) is 6.17 Å². The molecule has 0 aromatic heterocycles. The van der Waals surface area contributed by atoms with Crippen molar-refractivity contribution in [3.8, 4) is 0 Å². The molecule has 0 aliphatic heterocycles. The van der Waals surface area contributed by atoms with Crippen LogP contribution in [0.3, 0.4) is 0 Å². The molecule has 0 rings (SSSR count). The van der Waals surface area contributed by atoms with Crippen LogP contribution in [0.1, 0.15) is 6.92 Å². The summed E-state index contributed by atoms with van der Waals surface area (Å²) in [6, 6.07) is 0. The minimum atomic E-state index is 0.0417. The smallest absolute Gasteiger partial charge is 0.0850 e. The molecule has 0 heterocycles. The van der Waals surface area contributed by atoms with Gasteiger partial charge in [-0.15, -0.1) is 5.59 Å². The van der Waals surface area contributed by atoms with Gasteiger partial charge in [-0.2, -0.15) is 0 Å². The Morgan fingerprint density at radius 3 is 2.44 bits per heavy atom. The second kappa shape index (κ2) is 4.66. The summed E-state index contributed by atoms with van der Waals surface area (Å²) >= 11 is 0. The predicted molar refractivity (Wildman–Crippen MR) is 34.3 cm³/mol. The van der Waals surface area contributed by atoms with Crippen molar-refractivity contribution in [2.24, 2.45) is 0 Å². The Morgan fingerprint density at radius 2 is 2.11 bits per heavy atom. The lowest BCUT2D eigenvalue weighted by atomic mass is 10.6. The lowest BCUT2D eigenvalue weighted by Gasteiger charge is -2.22. The second-order valence-corrected chi connectivity index (χ2v) is 1.77. The normalized spacial score (nSPS) is 14.3. The number of nitrogens with one attached hydrogen (secondary N) is 3. The van der Waals surface area contributed by atoms with E-state index in [0.717, 1.165) is 0 Å².